The summed E-state index contributed by atoms with van der Waals surface area (Å²) in [6, 6.07) is 0. The molecule has 0 unspecified atom stereocenters. The second kappa shape index (κ2) is 5.66. The van der Waals surface area contributed by atoms with E-state index in [0.717, 1.165) is 24.5 Å². The second-order valence-electron chi connectivity index (χ2n) is 4.13. The molecular weight excluding hydrogens is 188 g/mol. The van der Waals surface area contributed by atoms with Crippen molar-refractivity contribution in [3.63, 3.8) is 0 Å². The normalized spacial score (nSPS) is 10.7. The first-order chi connectivity index (χ1) is 7.15. The third kappa shape index (κ3) is 3.47. The zero-order valence-corrected chi connectivity index (χ0v) is 9.77. The van der Waals surface area contributed by atoms with Crippen molar-refractivity contribution in [3.05, 3.63) is 18.1 Å². The number of hydrogen-bond donors (Lipinski definition) is 1. The highest BCUT2D eigenvalue weighted by molar-refractivity contribution is 5.41. The molecule has 1 rings (SSSR count). The highest BCUT2D eigenvalue weighted by atomic mass is 15.2. The van der Waals surface area contributed by atoms with Gasteiger partial charge in [-0.1, -0.05) is 13.8 Å². The van der Waals surface area contributed by atoms with Crippen LogP contribution in [0.25, 0.3) is 0 Å². The van der Waals surface area contributed by atoms with Gasteiger partial charge in [-0.3, -0.25) is 4.98 Å². The molecular formula is C11H20N4. The van der Waals surface area contributed by atoms with Gasteiger partial charge in [-0.25, -0.2) is 4.98 Å². The Morgan fingerprint density at radius 2 is 2.00 bits per heavy atom. The fourth-order valence-corrected chi connectivity index (χ4v) is 1.38. The van der Waals surface area contributed by atoms with Gasteiger partial charge in [0, 0.05) is 32.5 Å². The number of nitrogens with zero attached hydrogens (tertiary/aromatic N) is 3. The van der Waals surface area contributed by atoms with E-state index in [-0.39, 0.29) is 0 Å². The van der Waals surface area contributed by atoms with Gasteiger partial charge in [0.05, 0.1) is 5.69 Å². The summed E-state index contributed by atoms with van der Waals surface area (Å²) in [6.45, 7) is 5.86. The van der Waals surface area contributed by atoms with Gasteiger partial charge in [0.2, 0.25) is 0 Å². The lowest BCUT2D eigenvalue weighted by Crippen LogP contribution is -2.23. The molecule has 0 atom stereocenters. The van der Waals surface area contributed by atoms with E-state index in [4.69, 9.17) is 5.73 Å². The van der Waals surface area contributed by atoms with Crippen molar-refractivity contribution in [2.75, 3.05) is 18.5 Å². The van der Waals surface area contributed by atoms with Crippen molar-refractivity contribution in [2.45, 2.75) is 26.8 Å². The molecule has 0 spiro atoms. The third-order valence-corrected chi connectivity index (χ3v) is 2.35. The quantitative estimate of drug-likeness (QED) is 0.795. The first kappa shape index (κ1) is 11.9. The summed E-state index contributed by atoms with van der Waals surface area (Å²) >= 11 is 0. The maximum Gasteiger partial charge on any atom is 0.151 e. The minimum absolute atomic E-state index is 0.440. The highest BCUT2D eigenvalue weighted by Gasteiger charge is 2.08. The summed E-state index contributed by atoms with van der Waals surface area (Å²) in [5, 5.41) is 0. The fraction of sp³-hybridized carbons (Fsp3) is 0.636. The molecule has 4 heteroatoms. The SMILES string of the molecule is CC(C)CCN(C)c1nccnc1CN. The average Bonchev–Trinajstić information content (AvgIpc) is 2.25. The number of rotatable bonds is 5. The Hall–Kier alpha value is -1.16. The molecule has 0 bridgehead atoms. The van der Waals surface area contributed by atoms with Crippen LogP contribution < -0.4 is 10.6 Å². The van der Waals surface area contributed by atoms with Crippen molar-refractivity contribution in [3.8, 4) is 0 Å². The zero-order valence-electron chi connectivity index (χ0n) is 9.77. The van der Waals surface area contributed by atoms with Gasteiger partial charge in [-0.2, -0.15) is 0 Å². The van der Waals surface area contributed by atoms with E-state index < -0.39 is 0 Å². The third-order valence-electron chi connectivity index (χ3n) is 2.35. The summed E-state index contributed by atoms with van der Waals surface area (Å²) in [5.74, 6) is 1.60. The van der Waals surface area contributed by atoms with Crippen molar-refractivity contribution in [1.82, 2.24) is 9.97 Å². The van der Waals surface area contributed by atoms with E-state index in [1.165, 1.54) is 0 Å². The Labute approximate surface area is 91.5 Å². The van der Waals surface area contributed by atoms with Crippen LogP contribution in [0.15, 0.2) is 12.4 Å². The molecule has 0 aliphatic rings. The lowest BCUT2D eigenvalue weighted by molar-refractivity contribution is 0.582. The van der Waals surface area contributed by atoms with Crippen molar-refractivity contribution >= 4 is 5.82 Å². The maximum atomic E-state index is 5.62. The minimum atomic E-state index is 0.440. The maximum absolute atomic E-state index is 5.62. The fourth-order valence-electron chi connectivity index (χ4n) is 1.38. The summed E-state index contributed by atoms with van der Waals surface area (Å²) < 4.78 is 0. The number of anilines is 1. The molecule has 0 aromatic carbocycles. The van der Waals surface area contributed by atoms with E-state index in [1.807, 2.05) is 7.05 Å². The van der Waals surface area contributed by atoms with Crippen molar-refractivity contribution < 1.29 is 0 Å². The lowest BCUT2D eigenvalue weighted by Gasteiger charge is -2.20. The van der Waals surface area contributed by atoms with E-state index in [9.17, 15) is 0 Å². The average molecular weight is 208 g/mol. The largest absolute Gasteiger partial charge is 0.358 e. The predicted octanol–water partition coefficient (Wildman–Crippen LogP) is 1.42. The Morgan fingerprint density at radius 3 is 2.60 bits per heavy atom. The molecule has 84 valence electrons. The first-order valence-electron chi connectivity index (χ1n) is 5.36. The number of nitrogens with two attached hydrogens (primary N) is 1. The van der Waals surface area contributed by atoms with Crippen LogP contribution in [0.5, 0.6) is 0 Å². The molecule has 1 heterocycles. The minimum Gasteiger partial charge on any atom is -0.358 e. The molecule has 0 amide bonds. The van der Waals surface area contributed by atoms with Crippen LogP contribution in [0.4, 0.5) is 5.82 Å². The molecule has 15 heavy (non-hydrogen) atoms. The van der Waals surface area contributed by atoms with Crippen LogP contribution in [0.3, 0.4) is 0 Å². The second-order valence-corrected chi connectivity index (χ2v) is 4.13. The smallest absolute Gasteiger partial charge is 0.151 e. The summed E-state index contributed by atoms with van der Waals surface area (Å²) in [6.07, 6.45) is 4.54. The van der Waals surface area contributed by atoms with E-state index >= 15 is 0 Å². The molecule has 0 aliphatic heterocycles. The molecule has 0 saturated carbocycles. The van der Waals surface area contributed by atoms with Crippen LogP contribution in [-0.4, -0.2) is 23.6 Å². The van der Waals surface area contributed by atoms with Crippen molar-refractivity contribution in [2.24, 2.45) is 11.7 Å². The molecule has 1 aromatic heterocycles. The Balaban J connectivity index is 2.68. The molecule has 0 saturated heterocycles. The Bertz CT molecular complexity index is 298. The summed E-state index contributed by atoms with van der Waals surface area (Å²) in [7, 11) is 2.03. The van der Waals surface area contributed by atoms with Gasteiger partial charge in [0.15, 0.2) is 5.82 Å². The van der Waals surface area contributed by atoms with Crippen LogP contribution >= 0.6 is 0 Å². The Kier molecular flexibility index (Phi) is 4.49. The topological polar surface area (TPSA) is 55.0 Å². The zero-order chi connectivity index (χ0) is 11.3. The molecule has 0 aliphatic carbocycles. The number of aromatic nitrogens is 2. The van der Waals surface area contributed by atoms with E-state index in [2.05, 4.69) is 28.7 Å². The Morgan fingerprint density at radius 1 is 1.33 bits per heavy atom. The van der Waals surface area contributed by atoms with Gasteiger partial charge < -0.3 is 10.6 Å². The van der Waals surface area contributed by atoms with E-state index in [1.54, 1.807) is 12.4 Å². The van der Waals surface area contributed by atoms with Gasteiger partial charge in [0.25, 0.3) is 0 Å². The van der Waals surface area contributed by atoms with Crippen molar-refractivity contribution in [1.29, 1.82) is 0 Å². The van der Waals surface area contributed by atoms with E-state index in [0.29, 0.717) is 12.5 Å². The number of hydrogen-bond acceptors (Lipinski definition) is 4. The summed E-state index contributed by atoms with van der Waals surface area (Å²) in [4.78, 5) is 10.6. The standard InChI is InChI=1S/C11H20N4/c1-9(2)4-7-15(3)11-10(8-12)13-5-6-14-11/h5-6,9H,4,7-8,12H2,1-3H3. The van der Waals surface area contributed by atoms with Crippen LogP contribution in [-0.2, 0) is 6.54 Å². The van der Waals surface area contributed by atoms with Gasteiger partial charge in [-0.15, -0.1) is 0 Å². The van der Waals surface area contributed by atoms with Gasteiger partial charge in [-0.05, 0) is 12.3 Å². The molecule has 4 nitrogen and oxygen atoms in total. The molecule has 0 radical (unpaired) electrons. The first-order valence-corrected chi connectivity index (χ1v) is 5.36. The van der Waals surface area contributed by atoms with Gasteiger partial charge in [0.1, 0.15) is 0 Å². The predicted molar refractivity (Wildman–Crippen MR) is 62.6 cm³/mol. The monoisotopic (exact) mass is 208 g/mol. The molecule has 1 aromatic rings. The highest BCUT2D eigenvalue weighted by Crippen LogP contribution is 2.13. The molecule has 0 fully saturated rings. The lowest BCUT2D eigenvalue weighted by atomic mass is 10.1. The van der Waals surface area contributed by atoms with Crippen LogP contribution in [0.1, 0.15) is 26.0 Å². The van der Waals surface area contributed by atoms with Gasteiger partial charge >= 0.3 is 0 Å². The van der Waals surface area contributed by atoms with Crippen LogP contribution in [0, 0.1) is 5.92 Å². The van der Waals surface area contributed by atoms with Crippen LogP contribution in [0.2, 0.25) is 0 Å². The summed E-state index contributed by atoms with van der Waals surface area (Å²) in [5.41, 5.74) is 6.48. The molecule has 2 N–H and O–H groups in total.